The molecule has 1 aromatic rings. The zero-order chi connectivity index (χ0) is 24.5. The largest absolute Gasteiger partial charge is 0.394 e. The number of hydrogen-bond acceptors (Lipinski definition) is 6. The molecule has 1 aromatic carbocycles. The zero-order valence-electron chi connectivity index (χ0n) is 20.7. The number of aryl methyl sites for hydroxylation is 2. The van der Waals surface area contributed by atoms with Crippen molar-refractivity contribution in [2.75, 3.05) is 19.7 Å². The van der Waals surface area contributed by atoms with Crippen LogP contribution < -0.4 is 10.6 Å². The number of carbonyl (C=O) groups is 1. The minimum Gasteiger partial charge on any atom is -0.394 e. The topological polar surface area (TPSA) is 97.2 Å². The van der Waals surface area contributed by atoms with E-state index in [-0.39, 0.29) is 12.5 Å². The summed E-state index contributed by atoms with van der Waals surface area (Å²) in [6.07, 6.45) is 3.59. The fourth-order valence-corrected chi connectivity index (χ4v) is 3.72. The lowest BCUT2D eigenvalue weighted by Gasteiger charge is -2.27. The van der Waals surface area contributed by atoms with E-state index in [1.807, 2.05) is 44.9 Å². The third kappa shape index (κ3) is 6.55. The number of rotatable bonds is 8. The molecular formula is C26H38N4O3. The van der Waals surface area contributed by atoms with E-state index >= 15 is 0 Å². The van der Waals surface area contributed by atoms with E-state index in [1.165, 1.54) is 16.7 Å². The Morgan fingerprint density at radius 2 is 1.97 bits per heavy atom. The highest BCUT2D eigenvalue weighted by Crippen LogP contribution is 2.24. The molecule has 2 aliphatic heterocycles. The summed E-state index contributed by atoms with van der Waals surface area (Å²) in [7, 11) is 0. The van der Waals surface area contributed by atoms with Crippen molar-refractivity contribution in [3.8, 4) is 0 Å². The summed E-state index contributed by atoms with van der Waals surface area (Å²) in [6, 6.07) is 6.33. The van der Waals surface area contributed by atoms with E-state index in [0.717, 1.165) is 29.2 Å². The average molecular weight is 455 g/mol. The Hall–Kier alpha value is -2.90. The van der Waals surface area contributed by atoms with Crippen molar-refractivity contribution < 1.29 is 15.0 Å². The molecule has 2 aliphatic rings. The van der Waals surface area contributed by atoms with E-state index < -0.39 is 12.7 Å². The van der Waals surface area contributed by atoms with E-state index in [9.17, 15) is 9.90 Å². The summed E-state index contributed by atoms with van der Waals surface area (Å²) in [5.74, 6) is -0.310. The molecule has 0 aromatic heterocycles. The van der Waals surface area contributed by atoms with Crippen LogP contribution in [0, 0.1) is 6.92 Å². The smallest absolute Gasteiger partial charge is 0.252 e. The Morgan fingerprint density at radius 1 is 1.24 bits per heavy atom. The van der Waals surface area contributed by atoms with Crippen molar-refractivity contribution in [1.82, 2.24) is 15.5 Å². The first kappa shape index (κ1) is 26.4. The van der Waals surface area contributed by atoms with Gasteiger partial charge >= 0.3 is 0 Å². The van der Waals surface area contributed by atoms with Crippen LogP contribution in [0.1, 0.15) is 51.3 Å². The van der Waals surface area contributed by atoms with Crippen LogP contribution in [0.2, 0.25) is 0 Å². The van der Waals surface area contributed by atoms with Crippen LogP contribution in [0.3, 0.4) is 0 Å². The van der Waals surface area contributed by atoms with Crippen LogP contribution in [0.15, 0.2) is 58.1 Å². The maximum atomic E-state index is 12.8. The summed E-state index contributed by atoms with van der Waals surface area (Å²) >= 11 is 0. The average Bonchev–Trinajstić information content (AvgIpc) is 2.98. The highest BCUT2D eigenvalue weighted by Gasteiger charge is 2.25. The van der Waals surface area contributed by atoms with Crippen LogP contribution in [0.4, 0.5) is 0 Å². The number of carbonyl (C=O) groups excluding carboxylic acids is 1. The first-order valence-corrected chi connectivity index (χ1v) is 11.7. The van der Waals surface area contributed by atoms with Gasteiger partial charge in [-0.25, -0.2) is 0 Å². The zero-order valence-corrected chi connectivity index (χ0v) is 20.7. The molecule has 2 heterocycles. The Kier molecular flexibility index (Phi) is 9.88. The van der Waals surface area contributed by atoms with E-state index in [0.29, 0.717) is 18.7 Å². The van der Waals surface area contributed by atoms with Gasteiger partial charge in [0.1, 0.15) is 0 Å². The van der Waals surface area contributed by atoms with Gasteiger partial charge in [0.05, 0.1) is 41.9 Å². The third-order valence-electron chi connectivity index (χ3n) is 5.80. The lowest BCUT2D eigenvalue weighted by Crippen LogP contribution is -2.35. The Labute approximate surface area is 197 Å². The monoisotopic (exact) mass is 454 g/mol. The van der Waals surface area contributed by atoms with Crippen LogP contribution in [-0.4, -0.2) is 52.5 Å². The number of aliphatic imine (C=N–C) groups is 1. The Morgan fingerprint density at radius 3 is 2.64 bits per heavy atom. The Bertz CT molecular complexity index is 976. The molecule has 0 saturated heterocycles. The number of allylic oxidation sites excluding steroid dienone is 2. The van der Waals surface area contributed by atoms with Gasteiger partial charge in [0.2, 0.25) is 0 Å². The standard InChI is InChI=1S/C24H32N4O3.C2H6/c1-5-18-8-6-7-15(2)21(18)11-25-22-9-19(24(31)26-10-20(30)14-29)12-28-13-23(22)27-16(3)17(28)4;1-2/h6-9,12,20,25,29-30H,5,10-11,13-14H2,1-4H3,(H,26,31);1-2H3. The van der Waals surface area contributed by atoms with Gasteiger partial charge in [-0.2, -0.15) is 0 Å². The molecule has 0 saturated carbocycles. The number of nitrogens with one attached hydrogen (secondary N) is 2. The van der Waals surface area contributed by atoms with Crippen molar-refractivity contribution in [2.24, 2.45) is 4.99 Å². The quantitative estimate of drug-likeness (QED) is 0.484. The minimum absolute atomic E-state index is 0.0128. The van der Waals surface area contributed by atoms with Gasteiger partial charge in [-0.15, -0.1) is 0 Å². The molecule has 0 fully saturated rings. The molecule has 1 amide bonds. The number of benzene rings is 1. The molecule has 33 heavy (non-hydrogen) atoms. The molecule has 3 rings (SSSR count). The summed E-state index contributed by atoms with van der Waals surface area (Å²) < 4.78 is 0. The summed E-state index contributed by atoms with van der Waals surface area (Å²) in [6.45, 7) is 13.0. The van der Waals surface area contributed by atoms with Gasteiger partial charge in [-0.05, 0) is 50.0 Å². The molecule has 0 radical (unpaired) electrons. The minimum atomic E-state index is -0.988. The van der Waals surface area contributed by atoms with Crippen LogP contribution in [0.25, 0.3) is 0 Å². The van der Waals surface area contributed by atoms with Gasteiger partial charge in [0, 0.05) is 25.0 Å². The van der Waals surface area contributed by atoms with E-state index in [4.69, 9.17) is 10.1 Å². The first-order chi connectivity index (χ1) is 15.8. The molecule has 7 heteroatoms. The highest BCUT2D eigenvalue weighted by atomic mass is 16.3. The molecule has 1 atom stereocenters. The molecule has 1 unspecified atom stereocenters. The fraction of sp³-hybridized carbons (Fsp3) is 0.462. The lowest BCUT2D eigenvalue weighted by atomic mass is 10.00. The number of amides is 1. The van der Waals surface area contributed by atoms with Crippen LogP contribution >= 0.6 is 0 Å². The molecular weight excluding hydrogens is 416 g/mol. The van der Waals surface area contributed by atoms with Gasteiger partial charge in [0.15, 0.2) is 0 Å². The van der Waals surface area contributed by atoms with Crippen molar-refractivity contribution in [3.05, 3.63) is 69.8 Å². The second-order valence-electron chi connectivity index (χ2n) is 7.97. The Balaban J connectivity index is 0.00000187. The van der Waals surface area contributed by atoms with E-state index in [1.54, 1.807) is 0 Å². The molecule has 2 bridgehead atoms. The number of hydrogen-bond donors (Lipinski definition) is 4. The predicted octanol–water partition coefficient (Wildman–Crippen LogP) is 2.93. The molecule has 0 aliphatic carbocycles. The van der Waals surface area contributed by atoms with Crippen molar-refractivity contribution in [3.63, 3.8) is 0 Å². The molecule has 180 valence electrons. The summed E-state index contributed by atoms with van der Waals surface area (Å²) in [5.41, 5.74) is 7.84. The summed E-state index contributed by atoms with van der Waals surface area (Å²) in [4.78, 5) is 19.6. The van der Waals surface area contributed by atoms with E-state index in [2.05, 4.69) is 42.7 Å². The maximum absolute atomic E-state index is 12.8. The van der Waals surface area contributed by atoms with Crippen molar-refractivity contribution in [1.29, 1.82) is 0 Å². The van der Waals surface area contributed by atoms with Gasteiger partial charge in [0.25, 0.3) is 5.91 Å². The fourth-order valence-electron chi connectivity index (χ4n) is 3.72. The first-order valence-electron chi connectivity index (χ1n) is 11.7. The normalized spacial score (nSPS) is 16.0. The second-order valence-corrected chi connectivity index (χ2v) is 7.97. The summed E-state index contributed by atoms with van der Waals surface area (Å²) in [5, 5.41) is 24.8. The molecule has 0 spiro atoms. The number of nitrogens with zero attached hydrogens (tertiary/aromatic N) is 2. The van der Waals surface area contributed by atoms with Crippen LogP contribution in [0.5, 0.6) is 0 Å². The number of aliphatic hydroxyl groups excluding tert-OH is 2. The highest BCUT2D eigenvalue weighted by molar-refractivity contribution is 6.06. The molecule has 7 nitrogen and oxygen atoms in total. The third-order valence-corrected chi connectivity index (χ3v) is 5.80. The van der Waals surface area contributed by atoms with Gasteiger partial charge in [-0.3, -0.25) is 9.79 Å². The maximum Gasteiger partial charge on any atom is 0.252 e. The van der Waals surface area contributed by atoms with Crippen molar-refractivity contribution >= 4 is 11.6 Å². The van der Waals surface area contributed by atoms with Gasteiger partial charge < -0.3 is 25.7 Å². The lowest BCUT2D eigenvalue weighted by molar-refractivity contribution is -0.117. The van der Waals surface area contributed by atoms with Crippen LogP contribution in [-0.2, 0) is 17.8 Å². The molecule has 4 N–H and O–H groups in total. The van der Waals surface area contributed by atoms with Crippen molar-refractivity contribution in [2.45, 2.75) is 60.6 Å². The second kappa shape index (κ2) is 12.4. The number of aliphatic hydroxyl groups is 2. The SMILES string of the molecule is CC.CCc1cccc(C)c1CNC1=CC(C(=O)NCC(O)CO)=CN2CC1=NC(C)=C2C. The van der Waals surface area contributed by atoms with Gasteiger partial charge in [-0.1, -0.05) is 39.0 Å². The predicted molar refractivity (Wildman–Crippen MR) is 134 cm³/mol. The number of fused-ring (bicyclic) bond motifs is 2.